The summed E-state index contributed by atoms with van der Waals surface area (Å²) >= 11 is 1.69. The molecule has 19 heavy (non-hydrogen) atoms. The normalized spacial score (nSPS) is 11.7. The lowest BCUT2D eigenvalue weighted by molar-refractivity contribution is 0.115. The lowest BCUT2D eigenvalue weighted by Crippen LogP contribution is -2.47. The number of rotatable bonds is 6. The first-order valence-electron chi connectivity index (χ1n) is 6.29. The summed E-state index contributed by atoms with van der Waals surface area (Å²) in [7, 11) is 0. The quantitative estimate of drug-likeness (QED) is 0.757. The Kier molecular flexibility index (Phi) is 4.71. The van der Waals surface area contributed by atoms with Crippen molar-refractivity contribution in [3.8, 4) is 11.1 Å². The smallest absolute Gasteiger partial charge is 0.0633 e. The molecule has 4 N–H and O–H groups in total. The summed E-state index contributed by atoms with van der Waals surface area (Å²) in [6.07, 6.45) is 1.32. The van der Waals surface area contributed by atoms with E-state index in [1.165, 1.54) is 11.1 Å². The van der Waals surface area contributed by atoms with Crippen molar-refractivity contribution < 1.29 is 10.2 Å². The minimum absolute atomic E-state index is 0.198. The number of nitrogens with two attached hydrogens (primary N) is 1. The molecule has 0 aliphatic carbocycles. The molecule has 0 unspecified atom stereocenters. The lowest BCUT2D eigenvalue weighted by atomic mass is 9.93. The molecule has 0 radical (unpaired) electrons. The van der Waals surface area contributed by atoms with Crippen LogP contribution in [0.4, 0.5) is 0 Å². The maximum absolute atomic E-state index is 9.15. The van der Waals surface area contributed by atoms with Crippen LogP contribution in [0, 0.1) is 0 Å². The van der Waals surface area contributed by atoms with E-state index in [2.05, 4.69) is 41.1 Å². The second-order valence-electron chi connectivity index (χ2n) is 4.89. The first-order chi connectivity index (χ1) is 9.17. The van der Waals surface area contributed by atoms with E-state index in [-0.39, 0.29) is 13.2 Å². The molecule has 0 aliphatic rings. The number of hydrogen-bond donors (Lipinski definition) is 3. The van der Waals surface area contributed by atoms with Crippen molar-refractivity contribution in [1.29, 1.82) is 0 Å². The molecule has 0 saturated heterocycles. The molecule has 1 heterocycles. The van der Waals surface area contributed by atoms with Gasteiger partial charge in [-0.25, -0.2) is 0 Å². The van der Waals surface area contributed by atoms with E-state index in [0.29, 0.717) is 6.42 Å². The highest BCUT2D eigenvalue weighted by Gasteiger charge is 2.22. The van der Waals surface area contributed by atoms with E-state index in [1.807, 2.05) is 0 Å². The second kappa shape index (κ2) is 6.30. The van der Waals surface area contributed by atoms with E-state index in [4.69, 9.17) is 15.9 Å². The third-order valence-electron chi connectivity index (χ3n) is 3.35. The zero-order valence-electron chi connectivity index (χ0n) is 10.7. The Balaban J connectivity index is 2.00. The van der Waals surface area contributed by atoms with Gasteiger partial charge in [-0.05, 0) is 46.4 Å². The highest BCUT2D eigenvalue weighted by molar-refractivity contribution is 7.08. The summed E-state index contributed by atoms with van der Waals surface area (Å²) in [5, 5.41) is 22.5. The Morgan fingerprint density at radius 2 is 1.68 bits per heavy atom. The average molecular weight is 277 g/mol. The van der Waals surface area contributed by atoms with Gasteiger partial charge in [-0.3, -0.25) is 0 Å². The van der Waals surface area contributed by atoms with Crippen LogP contribution in [0.3, 0.4) is 0 Å². The van der Waals surface area contributed by atoms with E-state index >= 15 is 0 Å². The van der Waals surface area contributed by atoms with Crippen molar-refractivity contribution in [2.75, 3.05) is 13.2 Å². The fraction of sp³-hybridized carbons (Fsp3) is 0.333. The Morgan fingerprint density at radius 1 is 1.00 bits per heavy atom. The molecule has 0 aliphatic heterocycles. The third-order valence-corrected chi connectivity index (χ3v) is 4.03. The van der Waals surface area contributed by atoms with Crippen LogP contribution >= 0.6 is 11.3 Å². The molecular formula is C15H19NO2S. The van der Waals surface area contributed by atoms with Crippen molar-refractivity contribution >= 4 is 11.3 Å². The fourth-order valence-electron chi connectivity index (χ4n) is 1.89. The number of aliphatic hydroxyl groups excluding tert-OH is 2. The summed E-state index contributed by atoms with van der Waals surface area (Å²) in [4.78, 5) is 0. The van der Waals surface area contributed by atoms with Crippen LogP contribution in [-0.2, 0) is 6.42 Å². The molecule has 0 bridgehead atoms. The number of aryl methyl sites for hydroxylation is 1. The molecule has 0 fully saturated rings. The first kappa shape index (κ1) is 14.2. The summed E-state index contributed by atoms with van der Waals surface area (Å²) in [5.74, 6) is 0. The van der Waals surface area contributed by atoms with Crippen molar-refractivity contribution in [3.05, 3.63) is 46.7 Å². The van der Waals surface area contributed by atoms with Gasteiger partial charge < -0.3 is 15.9 Å². The zero-order valence-corrected chi connectivity index (χ0v) is 11.6. The predicted octanol–water partition coefficient (Wildman–Crippen LogP) is 2.03. The highest BCUT2D eigenvalue weighted by atomic mass is 32.1. The first-order valence-corrected chi connectivity index (χ1v) is 7.23. The predicted molar refractivity (Wildman–Crippen MR) is 79.2 cm³/mol. The highest BCUT2D eigenvalue weighted by Crippen LogP contribution is 2.23. The largest absolute Gasteiger partial charge is 0.394 e. The monoisotopic (exact) mass is 277 g/mol. The van der Waals surface area contributed by atoms with Gasteiger partial charge in [0.1, 0.15) is 0 Å². The lowest BCUT2D eigenvalue weighted by Gasteiger charge is -2.24. The van der Waals surface area contributed by atoms with Crippen molar-refractivity contribution in [1.82, 2.24) is 0 Å². The van der Waals surface area contributed by atoms with Gasteiger partial charge in [0, 0.05) is 0 Å². The van der Waals surface area contributed by atoms with Crippen LogP contribution in [0.25, 0.3) is 11.1 Å². The fourth-order valence-corrected chi connectivity index (χ4v) is 2.56. The Hall–Kier alpha value is -1.20. The third kappa shape index (κ3) is 3.64. The van der Waals surface area contributed by atoms with E-state index in [1.54, 1.807) is 11.3 Å². The van der Waals surface area contributed by atoms with Crippen LogP contribution in [0.15, 0.2) is 41.1 Å². The van der Waals surface area contributed by atoms with Gasteiger partial charge in [0.25, 0.3) is 0 Å². The average Bonchev–Trinajstić information content (AvgIpc) is 2.99. The van der Waals surface area contributed by atoms with Gasteiger partial charge in [0.15, 0.2) is 0 Å². The number of hydrogen-bond acceptors (Lipinski definition) is 4. The molecule has 2 rings (SSSR count). The maximum Gasteiger partial charge on any atom is 0.0633 e. The molecule has 2 aromatic rings. The summed E-state index contributed by atoms with van der Waals surface area (Å²) < 4.78 is 0. The molecule has 1 aromatic carbocycles. The number of benzene rings is 1. The van der Waals surface area contributed by atoms with Gasteiger partial charge in [-0.2, -0.15) is 11.3 Å². The Bertz CT molecular complexity index is 489. The van der Waals surface area contributed by atoms with Gasteiger partial charge in [0.2, 0.25) is 0 Å². The Morgan fingerprint density at radius 3 is 2.21 bits per heavy atom. The van der Waals surface area contributed by atoms with E-state index < -0.39 is 5.54 Å². The molecule has 0 spiro atoms. The van der Waals surface area contributed by atoms with E-state index in [9.17, 15) is 0 Å². The summed E-state index contributed by atoms with van der Waals surface area (Å²) in [6, 6.07) is 10.4. The van der Waals surface area contributed by atoms with Gasteiger partial charge in [0.05, 0.1) is 18.8 Å². The molecule has 4 heteroatoms. The van der Waals surface area contributed by atoms with Crippen LogP contribution in [-0.4, -0.2) is 29.0 Å². The molecule has 102 valence electrons. The molecule has 3 nitrogen and oxygen atoms in total. The summed E-state index contributed by atoms with van der Waals surface area (Å²) in [5.41, 5.74) is 8.57. The standard InChI is InChI=1S/C15H19NO2S/c16-15(10-17,11-18)7-5-12-1-3-13(4-2-12)14-6-8-19-9-14/h1-4,6,8-9,17-18H,5,7,10-11,16H2. The minimum Gasteiger partial charge on any atom is -0.394 e. The van der Waals surface area contributed by atoms with Crippen molar-refractivity contribution in [2.45, 2.75) is 18.4 Å². The van der Waals surface area contributed by atoms with Crippen molar-refractivity contribution in [3.63, 3.8) is 0 Å². The van der Waals surface area contributed by atoms with Crippen LogP contribution in [0.1, 0.15) is 12.0 Å². The number of aliphatic hydroxyl groups is 2. The van der Waals surface area contributed by atoms with Crippen LogP contribution in [0.5, 0.6) is 0 Å². The molecule has 0 saturated carbocycles. The van der Waals surface area contributed by atoms with Crippen molar-refractivity contribution in [2.24, 2.45) is 5.73 Å². The van der Waals surface area contributed by atoms with Crippen LogP contribution < -0.4 is 5.73 Å². The SMILES string of the molecule is NC(CO)(CO)CCc1ccc(-c2ccsc2)cc1. The van der Waals surface area contributed by atoms with Gasteiger partial charge >= 0.3 is 0 Å². The maximum atomic E-state index is 9.15. The topological polar surface area (TPSA) is 66.5 Å². The van der Waals surface area contributed by atoms with Gasteiger partial charge in [-0.15, -0.1) is 0 Å². The molecule has 0 atom stereocenters. The van der Waals surface area contributed by atoms with Gasteiger partial charge in [-0.1, -0.05) is 24.3 Å². The second-order valence-corrected chi connectivity index (χ2v) is 5.67. The number of thiophene rings is 1. The zero-order chi connectivity index (χ0) is 13.7. The minimum atomic E-state index is -0.883. The molecule has 1 aromatic heterocycles. The van der Waals surface area contributed by atoms with E-state index in [0.717, 1.165) is 12.0 Å². The summed E-state index contributed by atoms with van der Waals surface area (Å²) in [6.45, 7) is -0.396. The Labute approximate surface area is 117 Å². The molecular weight excluding hydrogens is 258 g/mol. The van der Waals surface area contributed by atoms with Crippen LogP contribution in [0.2, 0.25) is 0 Å². The molecule has 0 amide bonds.